The molecular weight excluding hydrogens is 350 g/mol. The van der Waals surface area contributed by atoms with Crippen LogP contribution in [0.15, 0.2) is 41.8 Å². The SMILES string of the molecule is Cc1ccc([C@@H](NC(=S)NCCN2CCOCC2)c2cccs2)cc1. The van der Waals surface area contributed by atoms with Gasteiger partial charge in [-0.3, -0.25) is 4.90 Å². The van der Waals surface area contributed by atoms with E-state index in [1.54, 1.807) is 11.3 Å². The Morgan fingerprint density at radius 2 is 2.00 bits per heavy atom. The minimum Gasteiger partial charge on any atom is -0.379 e. The molecule has 0 amide bonds. The molecule has 6 heteroatoms. The molecule has 0 unspecified atom stereocenters. The van der Waals surface area contributed by atoms with E-state index in [2.05, 4.69) is 64.2 Å². The molecule has 4 nitrogen and oxygen atoms in total. The Labute approximate surface area is 159 Å². The molecule has 0 aliphatic carbocycles. The van der Waals surface area contributed by atoms with Gasteiger partial charge in [-0.2, -0.15) is 0 Å². The summed E-state index contributed by atoms with van der Waals surface area (Å²) < 4.78 is 5.38. The highest BCUT2D eigenvalue weighted by molar-refractivity contribution is 7.80. The highest BCUT2D eigenvalue weighted by Gasteiger charge is 2.16. The van der Waals surface area contributed by atoms with Crippen LogP contribution in [-0.2, 0) is 4.74 Å². The van der Waals surface area contributed by atoms with E-state index in [4.69, 9.17) is 17.0 Å². The largest absolute Gasteiger partial charge is 0.379 e. The zero-order chi connectivity index (χ0) is 17.5. The minimum absolute atomic E-state index is 0.0870. The number of hydrogen-bond acceptors (Lipinski definition) is 4. The van der Waals surface area contributed by atoms with Crippen LogP contribution in [0.1, 0.15) is 22.0 Å². The molecule has 0 radical (unpaired) electrons. The number of aryl methyl sites for hydroxylation is 1. The summed E-state index contributed by atoms with van der Waals surface area (Å²) in [5.41, 5.74) is 2.49. The van der Waals surface area contributed by atoms with E-state index < -0.39 is 0 Å². The Bertz CT molecular complexity index is 652. The van der Waals surface area contributed by atoms with Gasteiger partial charge in [-0.25, -0.2) is 0 Å². The number of nitrogens with zero attached hydrogens (tertiary/aromatic N) is 1. The van der Waals surface area contributed by atoms with Gasteiger partial charge in [0.25, 0.3) is 0 Å². The highest BCUT2D eigenvalue weighted by Crippen LogP contribution is 2.26. The third-order valence-corrected chi connectivity index (χ3v) is 5.53. The minimum atomic E-state index is 0.0870. The van der Waals surface area contributed by atoms with Gasteiger partial charge in [0.1, 0.15) is 0 Å². The quantitative estimate of drug-likeness (QED) is 0.759. The van der Waals surface area contributed by atoms with E-state index in [0.29, 0.717) is 5.11 Å². The number of ether oxygens (including phenoxy) is 1. The lowest BCUT2D eigenvalue weighted by Gasteiger charge is -2.27. The zero-order valence-electron chi connectivity index (χ0n) is 14.5. The Balaban J connectivity index is 1.56. The first-order valence-corrected chi connectivity index (χ1v) is 9.95. The Hall–Kier alpha value is -1.47. The molecule has 2 heterocycles. The van der Waals surface area contributed by atoms with Crippen molar-refractivity contribution in [3.05, 3.63) is 57.8 Å². The molecule has 134 valence electrons. The number of thiophene rings is 1. The van der Waals surface area contributed by atoms with E-state index in [1.807, 2.05) is 0 Å². The lowest BCUT2D eigenvalue weighted by atomic mass is 10.0. The van der Waals surface area contributed by atoms with Gasteiger partial charge in [0.05, 0.1) is 19.3 Å². The smallest absolute Gasteiger partial charge is 0.167 e. The number of thiocarbonyl (C=S) groups is 1. The fourth-order valence-corrected chi connectivity index (χ4v) is 3.89. The van der Waals surface area contributed by atoms with Crippen molar-refractivity contribution in [2.45, 2.75) is 13.0 Å². The molecule has 1 aliphatic heterocycles. The van der Waals surface area contributed by atoms with Crippen LogP contribution in [0.25, 0.3) is 0 Å². The Kier molecular flexibility index (Phi) is 6.81. The normalized spacial score (nSPS) is 16.4. The summed E-state index contributed by atoms with van der Waals surface area (Å²) in [5.74, 6) is 0. The molecule has 0 saturated carbocycles. The lowest BCUT2D eigenvalue weighted by molar-refractivity contribution is 0.0389. The maximum atomic E-state index is 5.54. The summed E-state index contributed by atoms with van der Waals surface area (Å²) in [6.45, 7) is 7.60. The molecule has 0 bridgehead atoms. The van der Waals surface area contributed by atoms with Crippen LogP contribution in [0.3, 0.4) is 0 Å². The summed E-state index contributed by atoms with van der Waals surface area (Å²) in [6.07, 6.45) is 0. The number of morpholine rings is 1. The molecule has 1 aromatic heterocycles. The number of benzene rings is 1. The van der Waals surface area contributed by atoms with Crippen LogP contribution in [0.5, 0.6) is 0 Å². The van der Waals surface area contributed by atoms with Gasteiger partial charge in [-0.05, 0) is 36.2 Å². The average Bonchev–Trinajstić information content (AvgIpc) is 3.16. The predicted molar refractivity (Wildman–Crippen MR) is 108 cm³/mol. The van der Waals surface area contributed by atoms with Gasteiger partial charge in [0, 0.05) is 31.1 Å². The van der Waals surface area contributed by atoms with Gasteiger partial charge >= 0.3 is 0 Å². The Morgan fingerprint density at radius 1 is 1.24 bits per heavy atom. The van der Waals surface area contributed by atoms with Crippen LogP contribution in [0.4, 0.5) is 0 Å². The molecule has 3 rings (SSSR count). The fourth-order valence-electron chi connectivity index (χ4n) is 2.87. The second kappa shape index (κ2) is 9.29. The maximum Gasteiger partial charge on any atom is 0.167 e. The van der Waals surface area contributed by atoms with Gasteiger partial charge in [0.2, 0.25) is 0 Å². The first-order chi connectivity index (χ1) is 12.2. The summed E-state index contributed by atoms with van der Waals surface area (Å²) in [7, 11) is 0. The molecule has 1 aromatic carbocycles. The van der Waals surface area contributed by atoms with Crippen molar-refractivity contribution in [2.24, 2.45) is 0 Å². The first kappa shape index (κ1) is 18.3. The third-order valence-electron chi connectivity index (χ3n) is 4.33. The lowest BCUT2D eigenvalue weighted by Crippen LogP contribution is -2.44. The third kappa shape index (κ3) is 5.51. The van der Waals surface area contributed by atoms with Gasteiger partial charge in [-0.15, -0.1) is 11.3 Å². The molecule has 1 fully saturated rings. The van der Waals surface area contributed by atoms with Crippen molar-refractivity contribution < 1.29 is 4.74 Å². The molecule has 1 saturated heterocycles. The van der Waals surface area contributed by atoms with Crippen molar-refractivity contribution in [3.63, 3.8) is 0 Å². The van der Waals surface area contributed by atoms with Crippen LogP contribution in [0, 0.1) is 6.92 Å². The van der Waals surface area contributed by atoms with Gasteiger partial charge < -0.3 is 15.4 Å². The Morgan fingerprint density at radius 3 is 2.68 bits per heavy atom. The summed E-state index contributed by atoms with van der Waals surface area (Å²) in [5, 5.41) is 9.63. The number of rotatable bonds is 6. The topological polar surface area (TPSA) is 36.5 Å². The average molecular weight is 376 g/mol. The van der Waals surface area contributed by atoms with Crippen molar-refractivity contribution in [1.82, 2.24) is 15.5 Å². The van der Waals surface area contributed by atoms with E-state index in [0.717, 1.165) is 39.4 Å². The highest BCUT2D eigenvalue weighted by atomic mass is 32.1. The van der Waals surface area contributed by atoms with Crippen molar-refractivity contribution in [2.75, 3.05) is 39.4 Å². The van der Waals surface area contributed by atoms with Crippen molar-refractivity contribution >= 4 is 28.7 Å². The maximum absolute atomic E-state index is 5.54. The molecule has 0 spiro atoms. The first-order valence-electron chi connectivity index (χ1n) is 8.67. The van der Waals surface area contributed by atoms with Crippen LogP contribution >= 0.6 is 23.6 Å². The summed E-state index contributed by atoms with van der Waals surface area (Å²) >= 11 is 7.28. The van der Waals surface area contributed by atoms with Crippen LogP contribution in [0.2, 0.25) is 0 Å². The second-order valence-electron chi connectivity index (χ2n) is 6.21. The molecular formula is C19H25N3OS2. The van der Waals surface area contributed by atoms with Crippen molar-refractivity contribution in [1.29, 1.82) is 0 Å². The van der Waals surface area contributed by atoms with E-state index >= 15 is 0 Å². The number of hydrogen-bond donors (Lipinski definition) is 2. The van der Waals surface area contributed by atoms with Crippen molar-refractivity contribution in [3.8, 4) is 0 Å². The standard InChI is InChI=1S/C19H25N3OS2/c1-15-4-6-16(7-5-15)18(17-3-2-14-25-17)21-19(24)20-8-9-22-10-12-23-13-11-22/h2-7,14,18H,8-13H2,1H3,(H2,20,21,24)/t18-/m1/s1. The second-order valence-corrected chi connectivity index (χ2v) is 7.60. The zero-order valence-corrected chi connectivity index (χ0v) is 16.2. The van der Waals surface area contributed by atoms with Crippen LogP contribution in [-0.4, -0.2) is 49.4 Å². The fraction of sp³-hybridized carbons (Fsp3) is 0.421. The van der Waals surface area contributed by atoms with E-state index in [9.17, 15) is 0 Å². The number of nitrogens with one attached hydrogen (secondary N) is 2. The van der Waals surface area contributed by atoms with E-state index in [1.165, 1.54) is 16.0 Å². The van der Waals surface area contributed by atoms with Crippen LogP contribution < -0.4 is 10.6 Å². The van der Waals surface area contributed by atoms with Gasteiger partial charge in [0.15, 0.2) is 5.11 Å². The molecule has 1 aliphatic rings. The molecule has 1 atom stereocenters. The molecule has 25 heavy (non-hydrogen) atoms. The summed E-state index contributed by atoms with van der Waals surface area (Å²) in [4.78, 5) is 3.66. The monoisotopic (exact) mass is 375 g/mol. The summed E-state index contributed by atoms with van der Waals surface area (Å²) in [6, 6.07) is 12.9. The molecule has 2 aromatic rings. The predicted octanol–water partition coefficient (Wildman–Crippen LogP) is 2.94. The van der Waals surface area contributed by atoms with E-state index in [-0.39, 0.29) is 6.04 Å². The molecule has 2 N–H and O–H groups in total. The van der Waals surface area contributed by atoms with Gasteiger partial charge in [-0.1, -0.05) is 35.9 Å².